The number of nitrogens with zero attached hydrogens (tertiary/aromatic N) is 3. The molecule has 0 radical (unpaired) electrons. The Kier molecular flexibility index (Phi) is 6.62. The molecule has 0 aliphatic carbocycles. The van der Waals surface area contributed by atoms with E-state index in [1.165, 1.54) is 10.4 Å². The largest absolute Gasteiger partial charge is 0.490 e. The number of carbonyl (C=O) groups is 1. The van der Waals surface area contributed by atoms with E-state index in [4.69, 9.17) is 4.74 Å². The molecule has 7 nitrogen and oxygen atoms in total. The molecule has 0 saturated carbocycles. The van der Waals surface area contributed by atoms with Gasteiger partial charge in [0.25, 0.3) is 5.91 Å². The molecule has 4 rings (SSSR count). The summed E-state index contributed by atoms with van der Waals surface area (Å²) in [7, 11) is -1.82. The van der Waals surface area contributed by atoms with Crippen molar-refractivity contribution in [2.24, 2.45) is 7.05 Å². The molecule has 1 aromatic carbocycles. The minimum atomic E-state index is -3.56. The predicted molar refractivity (Wildman–Crippen MR) is 123 cm³/mol. The highest BCUT2D eigenvalue weighted by molar-refractivity contribution is 7.89. The Hall–Kier alpha value is -2.32. The lowest BCUT2D eigenvalue weighted by molar-refractivity contribution is 0.0584. The number of carbonyl (C=O) groups excluding carboxylic acids is 1. The van der Waals surface area contributed by atoms with E-state index >= 15 is 0 Å². The van der Waals surface area contributed by atoms with Crippen molar-refractivity contribution in [3.05, 3.63) is 47.3 Å². The molecular weight excluding hydrogens is 426 g/mol. The summed E-state index contributed by atoms with van der Waals surface area (Å²) in [5.41, 5.74) is 2.65. The standard InChI is InChI=1S/C24H33N3O4S/c1-18-8-7-9-19(2)23(18)31-20-10-14-26(15-11-20)24(28)22-16-21(17-25(22)3)32(29,30)27-12-5-4-6-13-27/h7-9,16-17,20H,4-6,10-15H2,1-3H3. The van der Waals surface area contributed by atoms with E-state index in [0.717, 1.165) is 49.0 Å². The number of likely N-dealkylation sites (tertiary alicyclic amines) is 1. The monoisotopic (exact) mass is 459 g/mol. The molecule has 32 heavy (non-hydrogen) atoms. The van der Waals surface area contributed by atoms with Crippen LogP contribution in [-0.2, 0) is 17.1 Å². The molecular formula is C24H33N3O4S. The van der Waals surface area contributed by atoms with Gasteiger partial charge in [0.2, 0.25) is 10.0 Å². The van der Waals surface area contributed by atoms with E-state index in [9.17, 15) is 13.2 Å². The first-order valence-electron chi connectivity index (χ1n) is 11.5. The second-order valence-electron chi connectivity index (χ2n) is 8.97. The zero-order valence-corrected chi connectivity index (χ0v) is 20.0. The number of amides is 1. The summed E-state index contributed by atoms with van der Waals surface area (Å²) in [6, 6.07) is 7.65. The summed E-state index contributed by atoms with van der Waals surface area (Å²) in [4.78, 5) is 15.2. The molecule has 0 N–H and O–H groups in total. The number of rotatable bonds is 5. The fraction of sp³-hybridized carbons (Fsp3) is 0.542. The van der Waals surface area contributed by atoms with Crippen LogP contribution < -0.4 is 4.74 Å². The molecule has 2 fully saturated rings. The van der Waals surface area contributed by atoms with Gasteiger partial charge in [0.05, 0.1) is 0 Å². The number of para-hydroxylation sites is 1. The number of benzene rings is 1. The van der Waals surface area contributed by atoms with Crippen molar-refractivity contribution >= 4 is 15.9 Å². The first-order valence-corrected chi connectivity index (χ1v) is 12.9. The van der Waals surface area contributed by atoms with Gasteiger partial charge in [-0.05, 0) is 43.9 Å². The Labute approximate surface area is 191 Å². The maximum absolute atomic E-state index is 13.2. The number of aromatic nitrogens is 1. The molecule has 0 atom stereocenters. The molecule has 2 aliphatic rings. The molecule has 0 bridgehead atoms. The van der Waals surface area contributed by atoms with Crippen LogP contribution in [0.25, 0.3) is 0 Å². The van der Waals surface area contributed by atoms with Crippen LogP contribution in [0.1, 0.15) is 53.7 Å². The van der Waals surface area contributed by atoms with E-state index in [2.05, 4.69) is 0 Å². The van der Waals surface area contributed by atoms with Crippen LogP contribution in [0.3, 0.4) is 0 Å². The maximum Gasteiger partial charge on any atom is 0.270 e. The van der Waals surface area contributed by atoms with Gasteiger partial charge in [0, 0.05) is 52.3 Å². The summed E-state index contributed by atoms with van der Waals surface area (Å²) in [5, 5.41) is 0. The van der Waals surface area contributed by atoms with Crippen molar-refractivity contribution in [1.82, 2.24) is 13.8 Å². The number of ether oxygens (including phenoxy) is 1. The summed E-state index contributed by atoms with van der Waals surface area (Å²) in [6.07, 6.45) is 5.98. The van der Waals surface area contributed by atoms with Gasteiger partial charge in [-0.15, -0.1) is 0 Å². The molecule has 1 amide bonds. The molecule has 2 aromatic rings. The summed E-state index contributed by atoms with van der Waals surface area (Å²) in [5.74, 6) is 0.811. The highest BCUT2D eigenvalue weighted by Crippen LogP contribution is 2.27. The molecule has 8 heteroatoms. The van der Waals surface area contributed by atoms with Crippen molar-refractivity contribution in [1.29, 1.82) is 0 Å². The van der Waals surface area contributed by atoms with Crippen LogP contribution in [0.4, 0.5) is 0 Å². The van der Waals surface area contributed by atoms with Crippen LogP contribution in [0.2, 0.25) is 0 Å². The lowest BCUT2D eigenvalue weighted by atomic mass is 10.1. The quantitative estimate of drug-likeness (QED) is 0.686. The predicted octanol–water partition coefficient (Wildman–Crippen LogP) is 3.50. The second-order valence-corrected chi connectivity index (χ2v) is 10.9. The smallest absolute Gasteiger partial charge is 0.270 e. The minimum absolute atomic E-state index is 0.0716. The number of sulfonamides is 1. The lowest BCUT2D eigenvalue weighted by Crippen LogP contribution is -2.42. The van der Waals surface area contributed by atoms with Crippen molar-refractivity contribution in [3.63, 3.8) is 0 Å². The SMILES string of the molecule is Cc1cccc(C)c1OC1CCN(C(=O)c2cc(S(=O)(=O)N3CCCCC3)cn2C)CC1. The summed E-state index contributed by atoms with van der Waals surface area (Å²) >= 11 is 0. The maximum atomic E-state index is 13.2. The number of hydrogen-bond acceptors (Lipinski definition) is 4. The van der Waals surface area contributed by atoms with E-state index in [1.54, 1.807) is 22.7 Å². The topological polar surface area (TPSA) is 71.8 Å². The van der Waals surface area contributed by atoms with Gasteiger partial charge in [-0.2, -0.15) is 4.31 Å². The van der Waals surface area contributed by atoms with Crippen molar-refractivity contribution in [3.8, 4) is 5.75 Å². The first kappa shape index (κ1) is 22.9. The Morgan fingerprint density at radius 3 is 2.25 bits per heavy atom. The van der Waals surface area contributed by atoms with E-state index < -0.39 is 10.0 Å². The van der Waals surface area contributed by atoms with Crippen LogP contribution in [-0.4, -0.2) is 60.4 Å². The van der Waals surface area contributed by atoms with Crippen LogP contribution in [0, 0.1) is 13.8 Å². The van der Waals surface area contributed by atoms with Gasteiger partial charge in [-0.25, -0.2) is 8.42 Å². The van der Waals surface area contributed by atoms with Crippen molar-refractivity contribution < 1.29 is 17.9 Å². The van der Waals surface area contributed by atoms with Gasteiger partial charge < -0.3 is 14.2 Å². The average Bonchev–Trinajstić information content (AvgIpc) is 3.19. The molecule has 2 saturated heterocycles. The van der Waals surface area contributed by atoms with Crippen LogP contribution in [0.5, 0.6) is 5.75 Å². The second kappa shape index (κ2) is 9.27. The summed E-state index contributed by atoms with van der Waals surface area (Å²) in [6.45, 7) is 6.38. The van der Waals surface area contributed by atoms with E-state index in [1.807, 2.05) is 32.0 Å². The van der Waals surface area contributed by atoms with Crippen LogP contribution >= 0.6 is 0 Å². The van der Waals surface area contributed by atoms with Crippen molar-refractivity contribution in [2.45, 2.75) is 57.0 Å². The molecule has 1 aromatic heterocycles. The fourth-order valence-corrected chi connectivity index (χ4v) is 6.22. The highest BCUT2D eigenvalue weighted by atomic mass is 32.2. The average molecular weight is 460 g/mol. The number of aryl methyl sites for hydroxylation is 3. The lowest BCUT2D eigenvalue weighted by Gasteiger charge is -2.33. The zero-order valence-electron chi connectivity index (χ0n) is 19.2. The van der Waals surface area contributed by atoms with Crippen LogP contribution in [0.15, 0.2) is 35.4 Å². The zero-order chi connectivity index (χ0) is 22.9. The van der Waals surface area contributed by atoms with Gasteiger partial charge in [-0.1, -0.05) is 24.6 Å². The van der Waals surface area contributed by atoms with E-state index in [0.29, 0.717) is 31.9 Å². The third kappa shape index (κ3) is 4.57. The molecule has 174 valence electrons. The van der Waals surface area contributed by atoms with E-state index in [-0.39, 0.29) is 16.9 Å². The summed E-state index contributed by atoms with van der Waals surface area (Å²) < 4.78 is 35.4. The Balaban J connectivity index is 1.41. The number of hydrogen-bond donors (Lipinski definition) is 0. The molecule has 0 unspecified atom stereocenters. The third-order valence-electron chi connectivity index (χ3n) is 6.57. The third-order valence-corrected chi connectivity index (χ3v) is 8.44. The Morgan fingerprint density at radius 1 is 1.00 bits per heavy atom. The Morgan fingerprint density at radius 2 is 1.62 bits per heavy atom. The van der Waals surface area contributed by atoms with Gasteiger partial charge in [0.1, 0.15) is 22.4 Å². The molecule has 2 aliphatic heterocycles. The van der Waals surface area contributed by atoms with Gasteiger partial charge >= 0.3 is 0 Å². The minimum Gasteiger partial charge on any atom is -0.490 e. The fourth-order valence-electron chi connectivity index (χ4n) is 4.63. The highest BCUT2D eigenvalue weighted by Gasteiger charge is 2.31. The van der Waals surface area contributed by atoms with Gasteiger partial charge in [0.15, 0.2) is 0 Å². The molecule has 0 spiro atoms. The van der Waals surface area contributed by atoms with Crippen molar-refractivity contribution in [2.75, 3.05) is 26.2 Å². The van der Waals surface area contributed by atoms with Gasteiger partial charge in [-0.3, -0.25) is 4.79 Å². The Bertz CT molecular complexity index is 1060. The normalized spacial score (nSPS) is 18.7. The number of piperidine rings is 2. The first-order chi connectivity index (χ1) is 15.3. The molecule has 3 heterocycles.